The number of nitrogens with one attached hydrogen (secondary N) is 2. The van der Waals surface area contributed by atoms with E-state index in [2.05, 4.69) is 33.5 Å². The van der Waals surface area contributed by atoms with Gasteiger partial charge in [0.05, 0.1) is 0 Å². The van der Waals surface area contributed by atoms with Crippen molar-refractivity contribution in [1.29, 1.82) is 0 Å². The van der Waals surface area contributed by atoms with Gasteiger partial charge in [-0.2, -0.15) is 0 Å². The van der Waals surface area contributed by atoms with Crippen LogP contribution in [0.2, 0.25) is 0 Å². The molecule has 0 atom stereocenters. The number of urea groups is 1. The quantitative estimate of drug-likeness (QED) is 0.801. The summed E-state index contributed by atoms with van der Waals surface area (Å²) in [5.74, 6) is 0. The van der Waals surface area contributed by atoms with E-state index >= 15 is 0 Å². The summed E-state index contributed by atoms with van der Waals surface area (Å²) >= 11 is 0. The molecule has 1 aromatic rings. The topological polar surface area (TPSA) is 57.3 Å². The molecular formula is C15H22N4O. The summed E-state index contributed by atoms with van der Waals surface area (Å²) in [4.78, 5) is 18.0. The summed E-state index contributed by atoms with van der Waals surface area (Å²) in [5.41, 5.74) is 2.46. The Morgan fingerprint density at radius 3 is 3.05 bits per heavy atom. The first-order valence-electron chi connectivity index (χ1n) is 7.02. The zero-order valence-corrected chi connectivity index (χ0v) is 11.9. The van der Waals surface area contributed by atoms with Crippen LogP contribution in [0.5, 0.6) is 0 Å². The predicted octanol–water partition coefficient (Wildman–Crippen LogP) is 1.53. The van der Waals surface area contributed by atoms with Crippen LogP contribution in [-0.4, -0.2) is 42.1 Å². The molecule has 5 heteroatoms. The van der Waals surface area contributed by atoms with Crippen LogP contribution in [0.15, 0.2) is 36.2 Å². The number of carbonyl (C=O) groups excluding carboxylic acids is 1. The molecule has 0 unspecified atom stereocenters. The van der Waals surface area contributed by atoms with Crippen molar-refractivity contribution in [2.45, 2.75) is 19.9 Å². The SMILES string of the molecule is CC1=CCN(CCNC(=O)NCc2cccnc2)CC1. The van der Waals surface area contributed by atoms with Crippen molar-refractivity contribution in [3.8, 4) is 0 Å². The van der Waals surface area contributed by atoms with E-state index in [1.54, 1.807) is 12.4 Å². The number of rotatable bonds is 5. The minimum absolute atomic E-state index is 0.127. The number of hydrogen-bond acceptors (Lipinski definition) is 3. The van der Waals surface area contributed by atoms with E-state index in [0.29, 0.717) is 13.1 Å². The van der Waals surface area contributed by atoms with E-state index in [1.807, 2.05) is 12.1 Å². The van der Waals surface area contributed by atoms with Crippen molar-refractivity contribution in [3.05, 3.63) is 41.7 Å². The highest BCUT2D eigenvalue weighted by Gasteiger charge is 2.09. The molecule has 2 rings (SSSR count). The Hall–Kier alpha value is -1.88. The molecule has 1 aliphatic heterocycles. The van der Waals surface area contributed by atoms with E-state index in [4.69, 9.17) is 0 Å². The third-order valence-corrected chi connectivity index (χ3v) is 3.41. The molecule has 0 saturated heterocycles. The molecule has 2 N–H and O–H groups in total. The van der Waals surface area contributed by atoms with Gasteiger partial charge in [0.15, 0.2) is 0 Å². The third-order valence-electron chi connectivity index (χ3n) is 3.41. The summed E-state index contributed by atoms with van der Waals surface area (Å²) in [6, 6.07) is 3.67. The molecule has 2 amide bonds. The lowest BCUT2D eigenvalue weighted by molar-refractivity contribution is 0.236. The van der Waals surface area contributed by atoms with Gasteiger partial charge < -0.3 is 10.6 Å². The van der Waals surface area contributed by atoms with E-state index in [0.717, 1.165) is 31.6 Å². The summed E-state index contributed by atoms with van der Waals surface area (Å²) in [6.07, 6.45) is 6.86. The van der Waals surface area contributed by atoms with Crippen molar-refractivity contribution >= 4 is 6.03 Å². The molecule has 2 heterocycles. The Morgan fingerprint density at radius 1 is 1.45 bits per heavy atom. The number of pyridine rings is 1. The van der Waals surface area contributed by atoms with Crippen LogP contribution in [0, 0.1) is 0 Å². The Labute approximate surface area is 120 Å². The molecule has 0 radical (unpaired) electrons. The van der Waals surface area contributed by atoms with Gasteiger partial charge in [-0.25, -0.2) is 4.79 Å². The second-order valence-corrected chi connectivity index (χ2v) is 5.07. The maximum atomic E-state index is 11.6. The van der Waals surface area contributed by atoms with Gasteiger partial charge in [0.2, 0.25) is 0 Å². The number of carbonyl (C=O) groups is 1. The molecule has 5 nitrogen and oxygen atoms in total. The standard InChI is InChI=1S/C15H22N4O/c1-13-4-8-19(9-5-13)10-7-17-15(20)18-12-14-3-2-6-16-11-14/h2-4,6,11H,5,7-10,12H2,1H3,(H2,17,18,20). The molecule has 0 aliphatic carbocycles. The minimum atomic E-state index is -0.127. The van der Waals surface area contributed by atoms with Crippen LogP contribution in [-0.2, 0) is 6.54 Å². The van der Waals surface area contributed by atoms with Gasteiger partial charge >= 0.3 is 6.03 Å². The molecule has 0 saturated carbocycles. The van der Waals surface area contributed by atoms with E-state index in [-0.39, 0.29) is 6.03 Å². The first kappa shape index (κ1) is 14.5. The molecular weight excluding hydrogens is 252 g/mol. The highest BCUT2D eigenvalue weighted by Crippen LogP contribution is 2.08. The summed E-state index contributed by atoms with van der Waals surface area (Å²) in [7, 11) is 0. The lowest BCUT2D eigenvalue weighted by Gasteiger charge is -2.25. The average Bonchev–Trinajstić information content (AvgIpc) is 2.48. The third kappa shape index (κ3) is 5.01. The number of nitrogens with zero attached hydrogens (tertiary/aromatic N) is 2. The van der Waals surface area contributed by atoms with Crippen molar-refractivity contribution in [3.63, 3.8) is 0 Å². The van der Waals surface area contributed by atoms with Crippen LogP contribution in [0.3, 0.4) is 0 Å². The molecule has 108 valence electrons. The average molecular weight is 274 g/mol. The Bertz CT molecular complexity index is 458. The Kier molecular flexibility index (Phi) is 5.55. The normalized spacial score (nSPS) is 15.6. The smallest absolute Gasteiger partial charge is 0.315 e. The molecule has 0 bridgehead atoms. The fourth-order valence-corrected chi connectivity index (χ4v) is 2.09. The second kappa shape index (κ2) is 7.65. The van der Waals surface area contributed by atoms with Crippen molar-refractivity contribution in [2.75, 3.05) is 26.2 Å². The maximum absolute atomic E-state index is 11.6. The lowest BCUT2D eigenvalue weighted by atomic mass is 10.1. The predicted molar refractivity (Wildman–Crippen MR) is 79.3 cm³/mol. The maximum Gasteiger partial charge on any atom is 0.315 e. The van der Waals surface area contributed by atoms with Crippen LogP contribution >= 0.6 is 0 Å². The highest BCUT2D eigenvalue weighted by atomic mass is 16.2. The monoisotopic (exact) mass is 274 g/mol. The number of aromatic nitrogens is 1. The zero-order chi connectivity index (χ0) is 14.2. The van der Waals surface area contributed by atoms with E-state index < -0.39 is 0 Å². The van der Waals surface area contributed by atoms with Crippen molar-refractivity contribution < 1.29 is 4.79 Å². The minimum Gasteiger partial charge on any atom is -0.337 e. The van der Waals surface area contributed by atoms with Crippen molar-refractivity contribution in [2.24, 2.45) is 0 Å². The summed E-state index contributed by atoms with van der Waals surface area (Å²) in [5, 5.41) is 5.70. The van der Waals surface area contributed by atoms with Gasteiger partial charge in [0, 0.05) is 45.1 Å². The van der Waals surface area contributed by atoms with Crippen LogP contribution in [0.4, 0.5) is 4.79 Å². The molecule has 0 spiro atoms. The lowest BCUT2D eigenvalue weighted by Crippen LogP contribution is -2.41. The highest BCUT2D eigenvalue weighted by molar-refractivity contribution is 5.73. The van der Waals surface area contributed by atoms with Gasteiger partial charge in [-0.1, -0.05) is 17.7 Å². The first-order chi connectivity index (χ1) is 9.74. The summed E-state index contributed by atoms with van der Waals surface area (Å²) < 4.78 is 0. The molecule has 0 fully saturated rings. The van der Waals surface area contributed by atoms with Gasteiger partial charge in [0.25, 0.3) is 0 Å². The fraction of sp³-hybridized carbons (Fsp3) is 0.467. The zero-order valence-electron chi connectivity index (χ0n) is 11.9. The van der Waals surface area contributed by atoms with E-state index in [1.165, 1.54) is 5.57 Å². The van der Waals surface area contributed by atoms with Gasteiger partial charge in [0.1, 0.15) is 0 Å². The van der Waals surface area contributed by atoms with Gasteiger partial charge in [-0.05, 0) is 25.0 Å². The Balaban J connectivity index is 1.59. The molecule has 0 aromatic carbocycles. The van der Waals surface area contributed by atoms with Crippen molar-refractivity contribution in [1.82, 2.24) is 20.5 Å². The largest absolute Gasteiger partial charge is 0.337 e. The van der Waals surface area contributed by atoms with Crippen LogP contribution < -0.4 is 10.6 Å². The second-order valence-electron chi connectivity index (χ2n) is 5.07. The number of amides is 2. The molecule has 1 aromatic heterocycles. The van der Waals surface area contributed by atoms with Crippen LogP contribution in [0.1, 0.15) is 18.9 Å². The fourth-order valence-electron chi connectivity index (χ4n) is 2.09. The molecule has 20 heavy (non-hydrogen) atoms. The van der Waals surface area contributed by atoms with Gasteiger partial charge in [-0.15, -0.1) is 0 Å². The van der Waals surface area contributed by atoms with E-state index in [9.17, 15) is 4.79 Å². The number of hydrogen-bond donors (Lipinski definition) is 2. The summed E-state index contributed by atoms with van der Waals surface area (Å²) in [6.45, 7) is 6.31. The Morgan fingerprint density at radius 2 is 2.35 bits per heavy atom. The van der Waals surface area contributed by atoms with Gasteiger partial charge in [-0.3, -0.25) is 9.88 Å². The van der Waals surface area contributed by atoms with Crippen LogP contribution in [0.25, 0.3) is 0 Å². The molecule has 1 aliphatic rings. The first-order valence-corrected chi connectivity index (χ1v) is 7.02.